The van der Waals surface area contributed by atoms with Crippen molar-refractivity contribution in [1.29, 1.82) is 0 Å². The first kappa shape index (κ1) is 26.9. The predicted octanol–water partition coefficient (Wildman–Crippen LogP) is 6.55. The van der Waals surface area contributed by atoms with E-state index in [-0.39, 0.29) is 11.8 Å². The summed E-state index contributed by atoms with van der Waals surface area (Å²) in [5.41, 5.74) is 0. The maximum Gasteiger partial charge on any atom is 0.245 e. The molecule has 162 valence electrons. The Morgan fingerprint density at radius 1 is 0.828 bits per heavy atom. The van der Waals surface area contributed by atoms with Crippen molar-refractivity contribution in [2.24, 2.45) is 5.92 Å². The molecule has 2 atom stereocenters. The average Bonchev–Trinajstić information content (AvgIpc) is 2.70. The van der Waals surface area contributed by atoms with Gasteiger partial charge in [0, 0.05) is 12.0 Å². The first-order chi connectivity index (χ1) is 14.2. The largest absolute Gasteiger partial charge is 0.373 e. The van der Waals surface area contributed by atoms with E-state index in [4.69, 9.17) is 0 Å². The van der Waals surface area contributed by atoms with E-state index in [1.165, 1.54) is 12.5 Å². The minimum atomic E-state index is -0.770. The molecule has 0 aliphatic rings. The van der Waals surface area contributed by atoms with E-state index in [1.807, 2.05) is 55.5 Å². The molecule has 2 N–H and O–H groups in total. The highest BCUT2D eigenvalue weighted by molar-refractivity contribution is 5.87. The third kappa shape index (κ3) is 17.7. The fourth-order valence-corrected chi connectivity index (χ4v) is 2.85. The van der Waals surface area contributed by atoms with Crippen molar-refractivity contribution >= 4 is 5.91 Å². The second kappa shape index (κ2) is 20.6. The lowest BCUT2D eigenvalue weighted by Gasteiger charge is -2.23. The zero-order valence-electron chi connectivity index (χ0n) is 18.6. The Morgan fingerprint density at radius 2 is 1.45 bits per heavy atom. The average molecular weight is 400 g/mol. The molecule has 0 aliphatic heterocycles. The zero-order valence-corrected chi connectivity index (χ0v) is 18.6. The number of aliphatic hydroxyl groups excluding tert-OH is 1. The Labute approximate surface area is 178 Å². The summed E-state index contributed by atoms with van der Waals surface area (Å²) in [4.78, 5) is 12.0. The minimum absolute atomic E-state index is 0.134. The van der Waals surface area contributed by atoms with Crippen molar-refractivity contribution in [2.45, 2.75) is 78.4 Å². The predicted molar refractivity (Wildman–Crippen MR) is 126 cm³/mol. The van der Waals surface area contributed by atoms with Crippen molar-refractivity contribution < 1.29 is 9.90 Å². The molecule has 0 fully saturated rings. The highest BCUT2D eigenvalue weighted by Gasteiger charge is 2.18. The van der Waals surface area contributed by atoms with Crippen LogP contribution >= 0.6 is 0 Å². The monoisotopic (exact) mass is 399 g/mol. The number of carbonyl (C=O) groups is 1. The zero-order chi connectivity index (χ0) is 21.6. The third-order valence-electron chi connectivity index (χ3n) is 4.45. The van der Waals surface area contributed by atoms with E-state index in [0.717, 1.165) is 44.9 Å². The van der Waals surface area contributed by atoms with Gasteiger partial charge in [-0.1, -0.05) is 106 Å². The van der Waals surface area contributed by atoms with Gasteiger partial charge in [-0.15, -0.1) is 0 Å². The molecule has 0 aromatic carbocycles. The molecular formula is C26H41NO2. The summed E-state index contributed by atoms with van der Waals surface area (Å²) in [5, 5.41) is 13.0. The van der Waals surface area contributed by atoms with Gasteiger partial charge in [0.1, 0.15) is 6.23 Å². The van der Waals surface area contributed by atoms with Crippen LogP contribution in [0.3, 0.4) is 0 Å². The Bertz CT molecular complexity index is 567. The number of allylic oxidation sites excluding steroid dienone is 11. The molecule has 2 unspecified atom stereocenters. The van der Waals surface area contributed by atoms with E-state index < -0.39 is 6.23 Å². The van der Waals surface area contributed by atoms with Crippen LogP contribution in [0.5, 0.6) is 0 Å². The number of aliphatic hydroxyl groups is 1. The summed E-state index contributed by atoms with van der Waals surface area (Å²) in [7, 11) is 0. The molecule has 0 heterocycles. The lowest BCUT2D eigenvalue weighted by atomic mass is 9.94. The van der Waals surface area contributed by atoms with Crippen LogP contribution in [0.1, 0.15) is 72.1 Å². The summed E-state index contributed by atoms with van der Waals surface area (Å²) < 4.78 is 0. The number of unbranched alkanes of at least 4 members (excludes halogenated alkanes) is 3. The first-order valence-electron chi connectivity index (χ1n) is 11.1. The molecule has 0 rings (SSSR count). The van der Waals surface area contributed by atoms with Crippen LogP contribution in [0.4, 0.5) is 0 Å². The molecule has 0 bridgehead atoms. The van der Waals surface area contributed by atoms with Gasteiger partial charge < -0.3 is 10.4 Å². The Kier molecular flexibility index (Phi) is 19.1. The van der Waals surface area contributed by atoms with Gasteiger partial charge in [-0.05, 0) is 32.6 Å². The topological polar surface area (TPSA) is 49.3 Å². The quantitative estimate of drug-likeness (QED) is 0.134. The maximum atomic E-state index is 12.0. The number of amides is 1. The number of rotatable bonds is 16. The van der Waals surface area contributed by atoms with Crippen LogP contribution in [0.15, 0.2) is 72.9 Å². The van der Waals surface area contributed by atoms with Crippen LogP contribution in [0, 0.1) is 5.92 Å². The van der Waals surface area contributed by atoms with Gasteiger partial charge in [0.15, 0.2) is 0 Å². The van der Waals surface area contributed by atoms with Crippen LogP contribution < -0.4 is 5.32 Å². The van der Waals surface area contributed by atoms with E-state index in [0.29, 0.717) is 0 Å². The number of nitrogens with one attached hydrogen (secondary N) is 1. The van der Waals surface area contributed by atoms with Gasteiger partial charge >= 0.3 is 0 Å². The van der Waals surface area contributed by atoms with Crippen LogP contribution in [-0.4, -0.2) is 17.2 Å². The first-order valence-corrected chi connectivity index (χ1v) is 11.1. The second-order valence-electron chi connectivity index (χ2n) is 7.09. The molecule has 0 saturated heterocycles. The van der Waals surface area contributed by atoms with Gasteiger partial charge in [0.05, 0.1) is 0 Å². The summed E-state index contributed by atoms with van der Waals surface area (Å²) in [6.45, 7) is 6.27. The fourth-order valence-electron chi connectivity index (χ4n) is 2.85. The molecule has 29 heavy (non-hydrogen) atoms. The highest BCUT2D eigenvalue weighted by atomic mass is 16.3. The molecule has 0 radical (unpaired) electrons. The summed E-state index contributed by atoms with van der Waals surface area (Å²) in [6.07, 6.45) is 30.7. The van der Waals surface area contributed by atoms with Crippen molar-refractivity contribution in [1.82, 2.24) is 5.32 Å². The lowest BCUT2D eigenvalue weighted by Crippen LogP contribution is -2.39. The van der Waals surface area contributed by atoms with Crippen molar-refractivity contribution in [3.05, 3.63) is 72.9 Å². The third-order valence-corrected chi connectivity index (χ3v) is 4.45. The minimum Gasteiger partial charge on any atom is -0.373 e. The van der Waals surface area contributed by atoms with Gasteiger partial charge in [-0.25, -0.2) is 0 Å². The van der Waals surface area contributed by atoms with E-state index in [2.05, 4.69) is 31.3 Å². The van der Waals surface area contributed by atoms with Crippen LogP contribution in [0.25, 0.3) is 0 Å². The normalized spacial score (nSPS) is 15.0. The molecule has 0 saturated carbocycles. The summed E-state index contributed by atoms with van der Waals surface area (Å²) in [6, 6.07) is 0. The molecule has 0 aromatic heterocycles. The lowest BCUT2D eigenvalue weighted by molar-refractivity contribution is -0.120. The van der Waals surface area contributed by atoms with Crippen LogP contribution in [-0.2, 0) is 4.79 Å². The van der Waals surface area contributed by atoms with E-state index in [1.54, 1.807) is 6.08 Å². The fraction of sp³-hybridized carbons (Fsp3) is 0.500. The molecule has 3 heteroatoms. The van der Waals surface area contributed by atoms with Crippen LogP contribution in [0.2, 0.25) is 0 Å². The Balaban J connectivity index is 4.12. The van der Waals surface area contributed by atoms with Gasteiger partial charge in [-0.2, -0.15) is 0 Å². The summed E-state index contributed by atoms with van der Waals surface area (Å²) >= 11 is 0. The Morgan fingerprint density at radius 3 is 2.03 bits per heavy atom. The molecule has 0 aromatic rings. The Hall–Kier alpha value is -2.13. The number of hydrogen-bond donors (Lipinski definition) is 2. The summed E-state index contributed by atoms with van der Waals surface area (Å²) in [5.74, 6) is -0.117. The smallest absolute Gasteiger partial charge is 0.245 e. The molecular weight excluding hydrogens is 358 g/mol. The molecule has 0 spiro atoms. The van der Waals surface area contributed by atoms with E-state index in [9.17, 15) is 9.90 Å². The molecule has 3 nitrogen and oxygen atoms in total. The number of carbonyl (C=O) groups excluding carboxylic acids is 1. The van der Waals surface area contributed by atoms with Gasteiger partial charge in [0.2, 0.25) is 5.91 Å². The molecule has 0 aliphatic carbocycles. The highest BCUT2D eigenvalue weighted by Crippen LogP contribution is 2.18. The maximum absolute atomic E-state index is 12.0. The van der Waals surface area contributed by atoms with Gasteiger partial charge in [0.25, 0.3) is 0 Å². The molecule has 1 amide bonds. The van der Waals surface area contributed by atoms with Crippen molar-refractivity contribution in [2.75, 3.05) is 0 Å². The van der Waals surface area contributed by atoms with Crippen molar-refractivity contribution in [3.63, 3.8) is 0 Å². The SMILES string of the molecule is CC=CC=CC=CCCC=CC=CC=CC(=O)NC(O)C(CCC)CCCCC. The van der Waals surface area contributed by atoms with E-state index >= 15 is 0 Å². The van der Waals surface area contributed by atoms with Crippen molar-refractivity contribution in [3.8, 4) is 0 Å². The standard InChI is InChI=1S/C26H41NO2/c1-4-7-9-10-11-12-13-14-15-16-17-18-20-23-25(28)27-26(29)24(21-6-3)22-19-8-5-2/h4,7,9-12,15-18,20,23-24,26,29H,5-6,8,13-14,19,21-22H2,1-3H3,(H,27,28). The second-order valence-corrected chi connectivity index (χ2v) is 7.09. The number of hydrogen-bond acceptors (Lipinski definition) is 2. The van der Waals surface area contributed by atoms with Gasteiger partial charge in [-0.3, -0.25) is 4.79 Å².